The predicted molar refractivity (Wildman–Crippen MR) is 59.4 cm³/mol. The Morgan fingerprint density at radius 2 is 1.50 bits per heavy atom. The van der Waals surface area contributed by atoms with E-state index in [9.17, 15) is 0 Å². The summed E-state index contributed by atoms with van der Waals surface area (Å²) in [5.41, 5.74) is 0. The summed E-state index contributed by atoms with van der Waals surface area (Å²) in [5, 5.41) is 0. The normalized spacial score (nSPS) is 9.25. The van der Waals surface area contributed by atoms with Gasteiger partial charge < -0.3 is 0 Å². The lowest BCUT2D eigenvalue weighted by atomic mass is 10.3. The molecule has 12 heavy (non-hydrogen) atoms. The largest absolute Gasteiger partial charge is 0.103 e. The van der Waals surface area contributed by atoms with Crippen LogP contribution in [0.2, 0.25) is 0 Å². The first-order valence-corrected chi connectivity index (χ1v) is 5.09. The molecule has 0 N–H and O–H groups in total. The lowest BCUT2D eigenvalue weighted by Gasteiger charge is -1.81. The van der Waals surface area contributed by atoms with Crippen LogP contribution in [0.1, 0.15) is 52.9 Å². The van der Waals surface area contributed by atoms with Crippen molar-refractivity contribution in [1.29, 1.82) is 0 Å². The molecule has 0 bridgehead atoms. The smallest absolute Gasteiger partial charge is 0.0354 e. The first kappa shape index (κ1) is 14.0. The second-order valence-electron chi connectivity index (χ2n) is 2.72. The van der Waals surface area contributed by atoms with Crippen molar-refractivity contribution in [3.05, 3.63) is 24.8 Å². The van der Waals surface area contributed by atoms with E-state index in [4.69, 9.17) is 0 Å². The van der Waals surface area contributed by atoms with Crippen molar-refractivity contribution in [2.24, 2.45) is 0 Å². The number of unbranched alkanes of at least 4 members (excludes halogenated alkanes) is 2. The van der Waals surface area contributed by atoms with E-state index in [1.807, 2.05) is 6.08 Å². The van der Waals surface area contributed by atoms with E-state index in [0.29, 0.717) is 0 Å². The molecule has 0 rings (SSSR count). The molecule has 0 aromatic rings. The third-order valence-corrected chi connectivity index (χ3v) is 1.40. The molecule has 0 radical (unpaired) electrons. The standard InChI is InChI=1S/2C6H12/c2*1-3-5-6-4-2/h5-6H,3-4H2,1-2H3;3H,1,4-6H2,2H3. The van der Waals surface area contributed by atoms with Crippen LogP contribution in [0.4, 0.5) is 0 Å². The van der Waals surface area contributed by atoms with Crippen LogP contribution in [0.15, 0.2) is 24.8 Å². The molecule has 0 fully saturated rings. The van der Waals surface area contributed by atoms with Gasteiger partial charge >= 0.3 is 0 Å². The van der Waals surface area contributed by atoms with Gasteiger partial charge in [-0.2, -0.15) is 0 Å². The molecule has 0 nitrogen and oxygen atoms in total. The topological polar surface area (TPSA) is 0 Å². The Kier molecular flexibility index (Phi) is 19.7. The molecule has 0 aliphatic rings. The Balaban J connectivity index is 0. The maximum atomic E-state index is 3.60. The molecule has 0 heteroatoms. The van der Waals surface area contributed by atoms with Crippen molar-refractivity contribution in [2.45, 2.75) is 52.9 Å². The molecule has 0 saturated carbocycles. The van der Waals surface area contributed by atoms with Gasteiger partial charge in [0.1, 0.15) is 0 Å². The van der Waals surface area contributed by atoms with Crippen molar-refractivity contribution in [1.82, 2.24) is 0 Å². The van der Waals surface area contributed by atoms with Crippen LogP contribution in [-0.2, 0) is 0 Å². The van der Waals surface area contributed by atoms with Crippen molar-refractivity contribution in [3.8, 4) is 0 Å². The van der Waals surface area contributed by atoms with Gasteiger partial charge in [-0.15, -0.1) is 6.58 Å². The van der Waals surface area contributed by atoms with Crippen LogP contribution >= 0.6 is 0 Å². The first-order chi connectivity index (χ1) is 5.83. The van der Waals surface area contributed by atoms with Gasteiger partial charge in [0.05, 0.1) is 0 Å². The molecular weight excluding hydrogens is 144 g/mol. The molecule has 0 aromatic heterocycles. The van der Waals surface area contributed by atoms with Gasteiger partial charge in [0.15, 0.2) is 0 Å². The van der Waals surface area contributed by atoms with Crippen LogP contribution < -0.4 is 0 Å². The fraction of sp³-hybridized carbons (Fsp3) is 0.667. The Morgan fingerprint density at radius 3 is 1.67 bits per heavy atom. The summed E-state index contributed by atoms with van der Waals surface area (Å²) < 4.78 is 0. The second kappa shape index (κ2) is 16.8. The van der Waals surface area contributed by atoms with Crippen LogP contribution in [0.25, 0.3) is 0 Å². The number of hydrogen-bond acceptors (Lipinski definition) is 0. The zero-order chi connectivity index (χ0) is 9.66. The van der Waals surface area contributed by atoms with Crippen molar-refractivity contribution in [3.63, 3.8) is 0 Å². The zero-order valence-electron chi connectivity index (χ0n) is 8.97. The van der Waals surface area contributed by atoms with Gasteiger partial charge in [-0.25, -0.2) is 0 Å². The highest BCUT2D eigenvalue weighted by atomic mass is 13.8. The van der Waals surface area contributed by atoms with E-state index in [2.05, 4.69) is 39.5 Å². The van der Waals surface area contributed by atoms with Gasteiger partial charge in [-0.1, -0.05) is 51.8 Å². The second-order valence-corrected chi connectivity index (χ2v) is 2.72. The molecular formula is C12H24. The van der Waals surface area contributed by atoms with Gasteiger partial charge in [0, 0.05) is 0 Å². The first-order valence-electron chi connectivity index (χ1n) is 5.09. The Morgan fingerprint density at radius 1 is 1.00 bits per heavy atom. The molecule has 0 atom stereocenters. The van der Waals surface area contributed by atoms with Crippen LogP contribution in [0.3, 0.4) is 0 Å². The van der Waals surface area contributed by atoms with Gasteiger partial charge in [0.25, 0.3) is 0 Å². The molecule has 0 spiro atoms. The molecule has 0 saturated heterocycles. The minimum Gasteiger partial charge on any atom is -0.103 e. The quantitative estimate of drug-likeness (QED) is 0.411. The summed E-state index contributed by atoms with van der Waals surface area (Å²) in [6, 6.07) is 0. The SMILES string of the molecule is C=CCCCC.CCC=CCC. The van der Waals surface area contributed by atoms with E-state index >= 15 is 0 Å². The lowest BCUT2D eigenvalue weighted by Crippen LogP contribution is -1.61. The average Bonchev–Trinajstić information content (AvgIpc) is 2.12. The third-order valence-electron chi connectivity index (χ3n) is 1.40. The van der Waals surface area contributed by atoms with Crippen LogP contribution in [-0.4, -0.2) is 0 Å². The summed E-state index contributed by atoms with van der Waals surface area (Å²) >= 11 is 0. The molecule has 72 valence electrons. The van der Waals surface area contributed by atoms with E-state index in [-0.39, 0.29) is 0 Å². The predicted octanol–water partition coefficient (Wildman–Crippen LogP) is 4.73. The number of hydrogen-bond donors (Lipinski definition) is 0. The number of rotatable bonds is 5. The molecule has 0 aromatic carbocycles. The zero-order valence-corrected chi connectivity index (χ0v) is 8.97. The Hall–Kier alpha value is -0.520. The summed E-state index contributed by atoms with van der Waals surface area (Å²) in [6.45, 7) is 10.1. The lowest BCUT2D eigenvalue weighted by molar-refractivity contribution is 0.816. The molecule has 0 aliphatic carbocycles. The van der Waals surface area contributed by atoms with E-state index < -0.39 is 0 Å². The highest BCUT2D eigenvalue weighted by molar-refractivity contribution is 4.77. The Labute approximate surface area is 78.4 Å². The van der Waals surface area contributed by atoms with Crippen LogP contribution in [0.5, 0.6) is 0 Å². The maximum Gasteiger partial charge on any atom is -0.0354 e. The van der Waals surface area contributed by atoms with Crippen molar-refractivity contribution >= 4 is 0 Å². The fourth-order valence-electron chi connectivity index (χ4n) is 0.682. The van der Waals surface area contributed by atoms with E-state index in [0.717, 1.165) is 0 Å². The molecule has 0 heterocycles. The molecule has 0 amide bonds. The van der Waals surface area contributed by atoms with Crippen molar-refractivity contribution in [2.75, 3.05) is 0 Å². The summed E-state index contributed by atoms with van der Waals surface area (Å²) in [5.74, 6) is 0. The maximum absolute atomic E-state index is 3.60. The van der Waals surface area contributed by atoms with E-state index in [1.54, 1.807) is 0 Å². The summed E-state index contributed by atoms with van der Waals surface area (Å²) in [4.78, 5) is 0. The monoisotopic (exact) mass is 168 g/mol. The third kappa shape index (κ3) is 22.7. The molecule has 0 unspecified atom stereocenters. The van der Waals surface area contributed by atoms with Gasteiger partial charge in [0.2, 0.25) is 0 Å². The van der Waals surface area contributed by atoms with Gasteiger partial charge in [-0.3, -0.25) is 0 Å². The van der Waals surface area contributed by atoms with Crippen LogP contribution in [0, 0.1) is 0 Å². The van der Waals surface area contributed by atoms with Gasteiger partial charge in [-0.05, 0) is 19.3 Å². The summed E-state index contributed by atoms with van der Waals surface area (Å²) in [6.07, 6.45) is 12.4. The van der Waals surface area contributed by atoms with E-state index in [1.165, 1.54) is 32.1 Å². The summed E-state index contributed by atoms with van der Waals surface area (Å²) in [7, 11) is 0. The minimum absolute atomic E-state index is 1.17. The van der Waals surface area contributed by atoms with Crippen molar-refractivity contribution < 1.29 is 0 Å². The number of allylic oxidation sites excluding steroid dienone is 3. The minimum atomic E-state index is 1.17. The highest BCUT2D eigenvalue weighted by Crippen LogP contribution is 1.91. The average molecular weight is 168 g/mol. The fourth-order valence-corrected chi connectivity index (χ4v) is 0.682. The highest BCUT2D eigenvalue weighted by Gasteiger charge is 1.71. The molecule has 0 aliphatic heterocycles. The Bertz CT molecular complexity index is 84.2.